The lowest BCUT2D eigenvalue weighted by atomic mass is 9.40. The number of aliphatic hydroxyl groups is 8. The maximum absolute atomic E-state index is 12.7. The Kier molecular flexibility index (Phi) is 14.6. The van der Waals surface area contributed by atoms with Gasteiger partial charge in [-0.15, -0.1) is 0 Å². The van der Waals surface area contributed by atoms with Gasteiger partial charge in [0.2, 0.25) is 0 Å². The van der Waals surface area contributed by atoms with E-state index in [-0.39, 0.29) is 17.8 Å². The van der Waals surface area contributed by atoms with Crippen molar-refractivity contribution in [3.05, 3.63) is 0 Å². The third-order valence-corrected chi connectivity index (χ3v) is 16.7. The van der Waals surface area contributed by atoms with E-state index in [9.17, 15) is 53.8 Å². The molecule has 18 nitrogen and oxygen atoms in total. The first-order chi connectivity index (χ1) is 27.9. The van der Waals surface area contributed by atoms with Crippen molar-refractivity contribution in [3.8, 4) is 0 Å². The molecule has 0 aromatic rings. The number of aliphatic hydroxyl groups excluding tert-OH is 7. The number of hydrogen-bond acceptors (Lipinski definition) is 17. The van der Waals surface area contributed by atoms with Crippen LogP contribution in [0.3, 0.4) is 0 Å². The summed E-state index contributed by atoms with van der Waals surface area (Å²) in [6, 6.07) is 0. The van der Waals surface area contributed by atoms with Crippen LogP contribution in [0.25, 0.3) is 0 Å². The van der Waals surface area contributed by atoms with E-state index < -0.39 is 143 Å². The Hall–Kier alpha value is -0.690. The highest BCUT2D eigenvalue weighted by molar-refractivity contribution is 7.80. The average Bonchev–Trinajstić information content (AvgIpc) is 3.61. The normalized spacial score (nSPS) is 51.1. The predicted octanol–water partition coefficient (Wildman–Crippen LogP) is 0.276. The monoisotopic (exact) mass is 884 g/mol. The number of rotatable bonds is 14. The summed E-state index contributed by atoms with van der Waals surface area (Å²) < 4.78 is 73.4. The fraction of sp³-hybridized carbons (Fsp3) is 1.00. The maximum Gasteiger partial charge on any atom is 0.397 e. The van der Waals surface area contributed by atoms with Gasteiger partial charge in [-0.1, -0.05) is 34.6 Å². The second-order valence-electron chi connectivity index (χ2n) is 19.8. The largest absolute Gasteiger partial charge is 0.397 e. The summed E-state index contributed by atoms with van der Waals surface area (Å²) in [4.78, 5) is 0. The van der Waals surface area contributed by atoms with Crippen molar-refractivity contribution in [3.63, 3.8) is 0 Å². The van der Waals surface area contributed by atoms with E-state index in [0.717, 1.165) is 0 Å². The Morgan fingerprint density at radius 2 is 1.40 bits per heavy atom. The summed E-state index contributed by atoms with van der Waals surface area (Å²) in [5.74, 6) is -2.40. The molecule has 0 spiro atoms. The number of fused-ring (bicyclic) bond motifs is 5. The molecule has 350 valence electrons. The van der Waals surface area contributed by atoms with Crippen molar-refractivity contribution in [1.82, 2.24) is 0 Å². The van der Waals surface area contributed by atoms with Gasteiger partial charge in [-0.2, -0.15) is 8.42 Å². The predicted molar refractivity (Wildman–Crippen MR) is 210 cm³/mol. The van der Waals surface area contributed by atoms with Crippen molar-refractivity contribution in [2.24, 2.45) is 46.3 Å². The lowest BCUT2D eigenvalue weighted by Gasteiger charge is -2.68. The molecule has 6 aliphatic rings. The van der Waals surface area contributed by atoms with E-state index in [1.54, 1.807) is 6.92 Å². The van der Waals surface area contributed by atoms with Gasteiger partial charge in [0.25, 0.3) is 0 Å². The molecule has 4 aliphatic carbocycles. The van der Waals surface area contributed by atoms with Gasteiger partial charge in [-0.25, -0.2) is 4.18 Å². The molecule has 0 unspecified atom stereocenters. The minimum absolute atomic E-state index is 0.0341. The van der Waals surface area contributed by atoms with Gasteiger partial charge < -0.3 is 69.3 Å². The summed E-state index contributed by atoms with van der Waals surface area (Å²) in [5.41, 5.74) is -3.27. The third-order valence-electron chi connectivity index (χ3n) is 16.1. The van der Waals surface area contributed by atoms with E-state index in [2.05, 4.69) is 6.92 Å². The lowest BCUT2D eigenvalue weighted by molar-refractivity contribution is -0.329. The first kappa shape index (κ1) is 48.8. The van der Waals surface area contributed by atoms with Crippen LogP contribution >= 0.6 is 0 Å². The topological polar surface area (TPSA) is 281 Å². The third kappa shape index (κ3) is 8.37. The Morgan fingerprint density at radius 3 is 2.00 bits per heavy atom. The number of ether oxygens (including phenoxy) is 6. The quantitative estimate of drug-likeness (QED) is 0.106. The smallest absolute Gasteiger partial charge is 0.393 e. The first-order valence-corrected chi connectivity index (χ1v) is 23.1. The van der Waals surface area contributed by atoms with E-state index >= 15 is 0 Å². The van der Waals surface area contributed by atoms with Crippen LogP contribution in [0.2, 0.25) is 0 Å². The second kappa shape index (κ2) is 17.9. The van der Waals surface area contributed by atoms with Gasteiger partial charge in [-0.3, -0.25) is 4.55 Å². The van der Waals surface area contributed by atoms with Gasteiger partial charge in [-0.05, 0) is 93.3 Å². The van der Waals surface area contributed by atoms with Gasteiger partial charge in [0, 0.05) is 26.1 Å². The number of hydrogen-bond donors (Lipinski definition) is 9. The van der Waals surface area contributed by atoms with Crippen LogP contribution in [0.15, 0.2) is 0 Å². The molecule has 0 aromatic heterocycles. The molecular weight excluding hydrogens is 813 g/mol. The molecular formula is C41H72O18S. The van der Waals surface area contributed by atoms with E-state index in [1.165, 1.54) is 21.1 Å². The SMILES string of the molecule is CO[C@H]1[C@H](O[C@H]2[C@H](O[C@@H](CC[C@@H](C)[C@H]3C[C@@H](O)[C@@H]4[C@]3(C)CC[C@@H]3[C@@]5(C)CC[C@H](O)[C@H](O)[C@@H]5[C@@H](O)[C@@H](O)[C@]34O)C(C)C)O[C@@H]([C@@H](C)OS(=O)(=O)O)[C@@H]2O)O[C@H](C)[C@@H](OC)[C@@H]1O. The summed E-state index contributed by atoms with van der Waals surface area (Å²) in [7, 11) is -2.16. The summed E-state index contributed by atoms with van der Waals surface area (Å²) >= 11 is 0. The van der Waals surface area contributed by atoms with Gasteiger partial charge in [0.15, 0.2) is 12.6 Å². The summed E-state index contributed by atoms with van der Waals surface area (Å²) in [5, 5.41) is 92.0. The van der Waals surface area contributed by atoms with Crippen LogP contribution in [0.4, 0.5) is 0 Å². The second-order valence-corrected chi connectivity index (χ2v) is 20.8. The van der Waals surface area contributed by atoms with Crippen molar-refractivity contribution in [1.29, 1.82) is 0 Å². The molecule has 2 heterocycles. The average molecular weight is 885 g/mol. The Morgan fingerprint density at radius 1 is 0.767 bits per heavy atom. The molecule has 2 aliphatic heterocycles. The van der Waals surface area contributed by atoms with Crippen LogP contribution in [-0.4, -0.2) is 172 Å². The van der Waals surface area contributed by atoms with Crippen molar-refractivity contribution >= 4 is 10.4 Å². The molecule has 0 bridgehead atoms. The zero-order chi connectivity index (χ0) is 44.6. The van der Waals surface area contributed by atoms with Gasteiger partial charge >= 0.3 is 10.4 Å². The fourth-order valence-corrected chi connectivity index (χ4v) is 13.7. The maximum atomic E-state index is 12.7. The summed E-state index contributed by atoms with van der Waals surface area (Å²) in [6.07, 6.45) is -15.5. The molecule has 9 N–H and O–H groups in total. The molecule has 6 fully saturated rings. The lowest BCUT2D eigenvalue weighted by Crippen LogP contribution is -2.76. The Bertz CT molecular complexity index is 1570. The van der Waals surface area contributed by atoms with E-state index in [0.29, 0.717) is 44.9 Å². The molecule has 6 rings (SSSR count). The van der Waals surface area contributed by atoms with E-state index in [4.69, 9.17) is 32.6 Å². The van der Waals surface area contributed by atoms with Gasteiger partial charge in [0.1, 0.15) is 54.4 Å². The van der Waals surface area contributed by atoms with Crippen LogP contribution in [0, 0.1) is 46.3 Å². The van der Waals surface area contributed by atoms with Crippen molar-refractivity contribution < 1.29 is 86.4 Å². The van der Waals surface area contributed by atoms with Gasteiger partial charge in [0.05, 0.1) is 36.6 Å². The molecule has 2 saturated heterocycles. The van der Waals surface area contributed by atoms with Crippen molar-refractivity contribution in [2.75, 3.05) is 14.2 Å². The fourth-order valence-electron chi connectivity index (χ4n) is 13.2. The van der Waals surface area contributed by atoms with Crippen molar-refractivity contribution in [2.45, 2.75) is 197 Å². The molecule has 0 amide bonds. The van der Waals surface area contributed by atoms with Crippen LogP contribution < -0.4 is 0 Å². The zero-order valence-electron chi connectivity index (χ0n) is 36.3. The highest BCUT2D eigenvalue weighted by Crippen LogP contribution is 2.70. The number of methoxy groups -OCH3 is 2. The minimum atomic E-state index is -4.94. The standard InChI is InChI=1S/C41H72O18S/c1-17(2)24(56-38-34(30(47)32(57-38)20(5)59-60(50,51)52)58-37-33(54-9)29(46)31(53-8)19(4)55-37)11-10-18(3)21-16-23(43)35-39(21,6)15-13-25-40(7)14-12-22(42)27(44)26(40)28(45)36(48)41(25,35)49/h17-38,42-49H,10-16H2,1-9H3,(H,50,51,52)/t18-,19-,20-,21-,22+,23-,24+,25-,26-,27+,28-,29+,30+,31-,32+,33-,34-,35-,36-,37+,38-,39-,40-,41+/m1/s1. The Labute approximate surface area is 353 Å². The van der Waals surface area contributed by atoms with E-state index in [1.807, 2.05) is 27.7 Å². The molecule has 4 saturated carbocycles. The molecule has 60 heavy (non-hydrogen) atoms. The Balaban J connectivity index is 1.20. The highest BCUT2D eigenvalue weighted by atomic mass is 32.3. The highest BCUT2D eigenvalue weighted by Gasteiger charge is 2.75. The molecule has 0 radical (unpaired) electrons. The van der Waals surface area contributed by atoms with Crippen LogP contribution in [0.1, 0.15) is 93.4 Å². The first-order valence-electron chi connectivity index (χ1n) is 21.7. The molecule has 24 atom stereocenters. The molecule has 19 heteroatoms. The summed E-state index contributed by atoms with van der Waals surface area (Å²) in [6.45, 7) is 12.9. The van der Waals surface area contributed by atoms with Crippen LogP contribution in [-0.2, 0) is 43.0 Å². The molecule has 0 aromatic carbocycles. The van der Waals surface area contributed by atoms with Crippen LogP contribution in [0.5, 0.6) is 0 Å². The minimum Gasteiger partial charge on any atom is -0.393 e. The zero-order valence-corrected chi connectivity index (χ0v) is 37.1.